The van der Waals surface area contributed by atoms with Crippen molar-refractivity contribution in [3.05, 3.63) is 78.0 Å². The molecule has 30 heavy (non-hydrogen) atoms. The number of carbonyl (C=O) groups is 1. The van der Waals surface area contributed by atoms with Gasteiger partial charge >= 0.3 is 5.97 Å². The van der Waals surface area contributed by atoms with Gasteiger partial charge in [-0.2, -0.15) is 0 Å². The van der Waals surface area contributed by atoms with Crippen molar-refractivity contribution in [2.45, 2.75) is 39.0 Å². The number of aromatic nitrogens is 1. The van der Waals surface area contributed by atoms with Crippen LogP contribution in [-0.4, -0.2) is 28.2 Å². The minimum Gasteiger partial charge on any atom is -0.491 e. The largest absolute Gasteiger partial charge is 0.491 e. The topological polar surface area (TPSA) is 74.3 Å². The normalized spacial score (nSPS) is 12.5. The summed E-state index contributed by atoms with van der Waals surface area (Å²) in [5.74, 6) is -0.0840. The number of carboxylic acid groups (broad SMARTS) is 1. The van der Waals surface area contributed by atoms with Crippen molar-refractivity contribution in [2.75, 3.05) is 0 Å². The molecule has 0 bridgehead atoms. The summed E-state index contributed by atoms with van der Waals surface area (Å²) in [6.07, 6.45) is 2.32. The molecular weight excluding hydrogens is 376 g/mol. The smallest absolute Gasteiger partial charge is 0.321 e. The van der Waals surface area contributed by atoms with Crippen LogP contribution in [0, 0.1) is 0 Å². The third-order valence-electron chi connectivity index (χ3n) is 5.28. The predicted molar refractivity (Wildman–Crippen MR) is 120 cm³/mol. The van der Waals surface area contributed by atoms with Crippen molar-refractivity contribution in [2.24, 2.45) is 0 Å². The SMILES string of the molecule is CC(C)Oc1ccc2ccccc2c1CNC(Cc1c[nH]c2ccccc12)C(=O)O. The van der Waals surface area contributed by atoms with Gasteiger partial charge in [-0.1, -0.05) is 48.5 Å². The Morgan fingerprint density at radius 3 is 2.53 bits per heavy atom. The van der Waals surface area contributed by atoms with E-state index in [1.807, 2.05) is 68.6 Å². The Hall–Kier alpha value is -3.31. The quantitative estimate of drug-likeness (QED) is 0.392. The molecule has 0 aliphatic carbocycles. The molecule has 0 saturated heterocycles. The Balaban J connectivity index is 1.61. The molecule has 3 N–H and O–H groups in total. The first-order valence-electron chi connectivity index (χ1n) is 10.2. The van der Waals surface area contributed by atoms with E-state index < -0.39 is 12.0 Å². The Morgan fingerprint density at radius 2 is 1.77 bits per heavy atom. The summed E-state index contributed by atoms with van der Waals surface area (Å²) >= 11 is 0. The monoisotopic (exact) mass is 402 g/mol. The lowest BCUT2D eigenvalue weighted by Gasteiger charge is -2.19. The van der Waals surface area contributed by atoms with Crippen LogP contribution in [0.1, 0.15) is 25.0 Å². The number of aliphatic carboxylic acids is 1. The van der Waals surface area contributed by atoms with Gasteiger partial charge in [0.1, 0.15) is 11.8 Å². The summed E-state index contributed by atoms with van der Waals surface area (Å²) in [6.45, 7) is 4.38. The van der Waals surface area contributed by atoms with Gasteiger partial charge in [-0.05, 0) is 42.3 Å². The number of para-hydroxylation sites is 1. The maximum Gasteiger partial charge on any atom is 0.321 e. The zero-order valence-corrected chi connectivity index (χ0v) is 17.2. The van der Waals surface area contributed by atoms with Crippen molar-refractivity contribution >= 4 is 27.6 Å². The zero-order valence-electron chi connectivity index (χ0n) is 17.2. The number of benzene rings is 3. The highest BCUT2D eigenvalue weighted by molar-refractivity contribution is 5.88. The molecule has 3 aromatic carbocycles. The molecule has 4 rings (SSSR count). The molecule has 0 aliphatic heterocycles. The van der Waals surface area contributed by atoms with E-state index in [9.17, 15) is 9.90 Å². The van der Waals surface area contributed by atoms with E-state index in [0.717, 1.165) is 38.6 Å². The van der Waals surface area contributed by atoms with Gasteiger partial charge in [0.15, 0.2) is 0 Å². The standard InChI is InChI=1S/C25H26N2O3/c1-16(2)30-24-12-11-17-7-3-4-8-19(17)21(24)15-27-23(25(28)29)13-18-14-26-22-10-6-5-9-20(18)22/h3-12,14,16,23,26-27H,13,15H2,1-2H3,(H,28,29). The van der Waals surface area contributed by atoms with Gasteiger partial charge in [-0.25, -0.2) is 0 Å². The van der Waals surface area contributed by atoms with E-state index >= 15 is 0 Å². The van der Waals surface area contributed by atoms with Crippen molar-refractivity contribution in [3.63, 3.8) is 0 Å². The summed E-state index contributed by atoms with van der Waals surface area (Å²) in [7, 11) is 0. The highest BCUT2D eigenvalue weighted by atomic mass is 16.5. The lowest BCUT2D eigenvalue weighted by molar-refractivity contribution is -0.139. The Bertz CT molecular complexity index is 1180. The summed E-state index contributed by atoms with van der Waals surface area (Å²) in [5.41, 5.74) is 2.98. The Kier molecular flexibility index (Phi) is 5.72. The molecule has 1 heterocycles. The zero-order chi connectivity index (χ0) is 21.1. The number of fused-ring (bicyclic) bond motifs is 2. The number of H-pyrrole nitrogens is 1. The minimum absolute atomic E-state index is 0.0337. The average Bonchev–Trinajstić information content (AvgIpc) is 3.14. The molecule has 0 saturated carbocycles. The van der Waals surface area contributed by atoms with E-state index in [4.69, 9.17) is 4.74 Å². The van der Waals surface area contributed by atoms with Crippen LogP contribution in [0.3, 0.4) is 0 Å². The molecule has 0 radical (unpaired) electrons. The van der Waals surface area contributed by atoms with Gasteiger partial charge in [0.05, 0.1) is 6.10 Å². The van der Waals surface area contributed by atoms with Crippen LogP contribution < -0.4 is 10.1 Å². The van der Waals surface area contributed by atoms with Crippen molar-refractivity contribution in [3.8, 4) is 5.75 Å². The molecule has 1 unspecified atom stereocenters. The van der Waals surface area contributed by atoms with Crippen LogP contribution >= 0.6 is 0 Å². The molecule has 1 aromatic heterocycles. The summed E-state index contributed by atoms with van der Waals surface area (Å²) in [5, 5.41) is 16.3. The molecule has 0 amide bonds. The first kappa shape index (κ1) is 20.0. The molecule has 154 valence electrons. The second-order valence-electron chi connectivity index (χ2n) is 7.77. The molecule has 4 aromatic rings. The first-order valence-corrected chi connectivity index (χ1v) is 10.2. The molecule has 1 atom stereocenters. The molecular formula is C25H26N2O3. The van der Waals surface area contributed by atoms with Crippen molar-refractivity contribution in [1.29, 1.82) is 0 Å². The fraction of sp³-hybridized carbons (Fsp3) is 0.240. The van der Waals surface area contributed by atoms with E-state index in [0.29, 0.717) is 13.0 Å². The highest BCUT2D eigenvalue weighted by Crippen LogP contribution is 2.29. The third-order valence-corrected chi connectivity index (χ3v) is 5.28. The molecule has 5 nitrogen and oxygen atoms in total. The number of nitrogens with one attached hydrogen (secondary N) is 2. The van der Waals surface area contributed by atoms with Gasteiger partial charge < -0.3 is 14.8 Å². The molecule has 0 aliphatic rings. The highest BCUT2D eigenvalue weighted by Gasteiger charge is 2.21. The van der Waals surface area contributed by atoms with Crippen LogP contribution in [0.15, 0.2) is 66.9 Å². The van der Waals surface area contributed by atoms with Crippen LogP contribution in [-0.2, 0) is 17.8 Å². The number of hydrogen-bond acceptors (Lipinski definition) is 3. The summed E-state index contributed by atoms with van der Waals surface area (Å²) in [6, 6.07) is 19.3. The molecule has 0 fully saturated rings. The van der Waals surface area contributed by atoms with Crippen LogP contribution in [0.2, 0.25) is 0 Å². The van der Waals surface area contributed by atoms with Crippen LogP contribution in [0.5, 0.6) is 5.75 Å². The molecule has 5 heteroatoms. The van der Waals surface area contributed by atoms with Gasteiger partial charge in [0.25, 0.3) is 0 Å². The fourth-order valence-electron chi connectivity index (χ4n) is 3.86. The Morgan fingerprint density at radius 1 is 1.03 bits per heavy atom. The maximum atomic E-state index is 12.0. The number of ether oxygens (including phenoxy) is 1. The van der Waals surface area contributed by atoms with E-state index in [1.165, 1.54) is 0 Å². The average molecular weight is 402 g/mol. The van der Waals surface area contributed by atoms with E-state index in [1.54, 1.807) is 0 Å². The lowest BCUT2D eigenvalue weighted by Crippen LogP contribution is -2.38. The number of rotatable bonds is 8. The van der Waals surface area contributed by atoms with Gasteiger partial charge in [-0.3, -0.25) is 10.1 Å². The fourth-order valence-corrected chi connectivity index (χ4v) is 3.86. The van der Waals surface area contributed by atoms with Crippen LogP contribution in [0.4, 0.5) is 0 Å². The second kappa shape index (κ2) is 8.59. The van der Waals surface area contributed by atoms with Gasteiger partial charge in [-0.15, -0.1) is 0 Å². The summed E-state index contributed by atoms with van der Waals surface area (Å²) < 4.78 is 6.02. The first-order chi connectivity index (χ1) is 14.5. The summed E-state index contributed by atoms with van der Waals surface area (Å²) in [4.78, 5) is 15.2. The number of hydrogen-bond donors (Lipinski definition) is 3. The minimum atomic E-state index is -0.869. The Labute approximate surface area is 175 Å². The molecule has 0 spiro atoms. The predicted octanol–water partition coefficient (Wildman–Crippen LogP) is 4.89. The van der Waals surface area contributed by atoms with E-state index in [-0.39, 0.29) is 6.10 Å². The number of carboxylic acids is 1. The van der Waals surface area contributed by atoms with Gasteiger partial charge in [0.2, 0.25) is 0 Å². The number of aromatic amines is 1. The van der Waals surface area contributed by atoms with Crippen molar-refractivity contribution in [1.82, 2.24) is 10.3 Å². The van der Waals surface area contributed by atoms with Crippen molar-refractivity contribution < 1.29 is 14.6 Å². The third kappa shape index (κ3) is 4.16. The lowest BCUT2D eigenvalue weighted by atomic mass is 10.0. The maximum absolute atomic E-state index is 12.0. The second-order valence-corrected chi connectivity index (χ2v) is 7.77. The van der Waals surface area contributed by atoms with Crippen LogP contribution in [0.25, 0.3) is 21.7 Å². The van der Waals surface area contributed by atoms with Gasteiger partial charge in [0, 0.05) is 35.6 Å². The van der Waals surface area contributed by atoms with E-state index in [2.05, 4.69) is 22.4 Å².